The van der Waals surface area contributed by atoms with Crippen molar-refractivity contribution in [3.8, 4) is 5.69 Å². The summed E-state index contributed by atoms with van der Waals surface area (Å²) in [5.41, 5.74) is 7.61. The van der Waals surface area contributed by atoms with Crippen LogP contribution in [0.25, 0.3) is 5.69 Å². The first kappa shape index (κ1) is 13.1. The van der Waals surface area contributed by atoms with Gasteiger partial charge in [-0.1, -0.05) is 13.8 Å². The van der Waals surface area contributed by atoms with Gasteiger partial charge in [-0.25, -0.2) is 4.68 Å². The summed E-state index contributed by atoms with van der Waals surface area (Å²) in [6, 6.07) is 8.00. The van der Waals surface area contributed by atoms with E-state index >= 15 is 0 Å². The molecule has 6 heteroatoms. The fourth-order valence-corrected chi connectivity index (χ4v) is 1.89. The minimum atomic E-state index is -0.430. The number of nitrogens with zero attached hydrogens (tertiary/aromatic N) is 3. The largest absolute Gasteiger partial charge is 0.384 e. The lowest BCUT2D eigenvalue weighted by Gasteiger charge is -2.03. The highest BCUT2D eigenvalue weighted by Crippen LogP contribution is 2.19. The van der Waals surface area contributed by atoms with Crippen LogP contribution in [0.5, 0.6) is 0 Å². The van der Waals surface area contributed by atoms with Crippen molar-refractivity contribution in [1.29, 1.82) is 0 Å². The van der Waals surface area contributed by atoms with E-state index in [1.807, 2.05) is 6.07 Å². The van der Waals surface area contributed by atoms with Gasteiger partial charge in [-0.2, -0.15) is 5.10 Å². The molecule has 100 valence electrons. The van der Waals surface area contributed by atoms with Crippen molar-refractivity contribution in [3.05, 3.63) is 46.1 Å². The molecule has 0 atom stereocenters. The van der Waals surface area contributed by atoms with Crippen LogP contribution in [0.4, 0.5) is 11.5 Å². The number of benzene rings is 1. The third-order valence-electron chi connectivity index (χ3n) is 2.71. The third kappa shape index (κ3) is 2.90. The predicted octanol–water partition coefficient (Wildman–Crippen LogP) is 2.56. The fraction of sp³-hybridized carbons (Fsp3) is 0.308. The van der Waals surface area contributed by atoms with Crippen molar-refractivity contribution in [1.82, 2.24) is 9.78 Å². The van der Waals surface area contributed by atoms with E-state index in [0.717, 1.165) is 17.8 Å². The first-order valence-corrected chi connectivity index (χ1v) is 6.06. The molecule has 0 radical (unpaired) electrons. The van der Waals surface area contributed by atoms with Crippen molar-refractivity contribution >= 4 is 11.5 Å². The van der Waals surface area contributed by atoms with Crippen molar-refractivity contribution in [2.45, 2.75) is 20.3 Å². The van der Waals surface area contributed by atoms with E-state index in [4.69, 9.17) is 5.73 Å². The Morgan fingerprint density at radius 1 is 1.37 bits per heavy atom. The van der Waals surface area contributed by atoms with Gasteiger partial charge in [-0.05, 0) is 24.5 Å². The highest BCUT2D eigenvalue weighted by molar-refractivity contribution is 5.46. The molecule has 2 N–H and O–H groups in total. The molecule has 0 aliphatic carbocycles. The molecule has 0 saturated carbocycles. The van der Waals surface area contributed by atoms with Crippen LogP contribution in [0.3, 0.4) is 0 Å². The normalized spacial score (nSPS) is 10.9. The minimum Gasteiger partial charge on any atom is -0.384 e. The average Bonchev–Trinajstić information content (AvgIpc) is 2.69. The molecule has 0 aliphatic heterocycles. The van der Waals surface area contributed by atoms with Crippen molar-refractivity contribution < 1.29 is 4.92 Å². The quantitative estimate of drug-likeness (QED) is 0.676. The molecule has 0 bridgehead atoms. The second-order valence-corrected chi connectivity index (χ2v) is 4.84. The highest BCUT2D eigenvalue weighted by atomic mass is 16.6. The number of nitro benzene ring substituents is 1. The molecular formula is C13H16N4O2. The molecule has 19 heavy (non-hydrogen) atoms. The van der Waals surface area contributed by atoms with Crippen LogP contribution in [0.1, 0.15) is 19.5 Å². The molecule has 0 spiro atoms. The molecule has 0 saturated heterocycles. The predicted molar refractivity (Wildman–Crippen MR) is 73.2 cm³/mol. The number of nitrogens with two attached hydrogens (primary N) is 1. The number of rotatable bonds is 4. The smallest absolute Gasteiger partial charge is 0.269 e. The van der Waals surface area contributed by atoms with Gasteiger partial charge in [-0.3, -0.25) is 10.1 Å². The molecule has 1 heterocycles. The van der Waals surface area contributed by atoms with Crippen molar-refractivity contribution in [2.75, 3.05) is 5.73 Å². The summed E-state index contributed by atoms with van der Waals surface area (Å²) < 4.78 is 1.60. The molecular weight excluding hydrogens is 244 g/mol. The summed E-state index contributed by atoms with van der Waals surface area (Å²) >= 11 is 0. The lowest BCUT2D eigenvalue weighted by Crippen LogP contribution is -2.02. The van der Waals surface area contributed by atoms with Gasteiger partial charge >= 0.3 is 0 Å². The van der Waals surface area contributed by atoms with Gasteiger partial charge < -0.3 is 5.73 Å². The van der Waals surface area contributed by atoms with Gasteiger partial charge in [0.1, 0.15) is 5.82 Å². The average molecular weight is 260 g/mol. The molecule has 1 aromatic heterocycles. The molecule has 0 fully saturated rings. The summed E-state index contributed by atoms with van der Waals surface area (Å²) in [6.45, 7) is 4.22. The Kier molecular flexibility index (Phi) is 3.50. The number of anilines is 1. The Morgan fingerprint density at radius 2 is 2.00 bits per heavy atom. The summed E-state index contributed by atoms with van der Waals surface area (Å²) in [6.07, 6.45) is 0.851. The lowest BCUT2D eigenvalue weighted by molar-refractivity contribution is -0.384. The van der Waals surface area contributed by atoms with Crippen molar-refractivity contribution in [2.24, 2.45) is 5.92 Å². The van der Waals surface area contributed by atoms with Crippen LogP contribution < -0.4 is 5.73 Å². The van der Waals surface area contributed by atoms with E-state index in [-0.39, 0.29) is 5.69 Å². The van der Waals surface area contributed by atoms with E-state index in [1.165, 1.54) is 12.1 Å². The Hall–Kier alpha value is -2.37. The van der Waals surface area contributed by atoms with Gasteiger partial charge in [0.15, 0.2) is 0 Å². The molecule has 0 aliphatic rings. The maximum absolute atomic E-state index is 10.6. The first-order valence-electron chi connectivity index (χ1n) is 6.06. The Balaban J connectivity index is 2.30. The number of hydrogen-bond donors (Lipinski definition) is 1. The monoisotopic (exact) mass is 260 g/mol. The van der Waals surface area contributed by atoms with Crippen LogP contribution in [0.2, 0.25) is 0 Å². The molecule has 0 amide bonds. The number of nitrogen functional groups attached to an aromatic ring is 1. The Bertz CT molecular complexity index is 587. The van der Waals surface area contributed by atoms with Crippen molar-refractivity contribution in [3.63, 3.8) is 0 Å². The minimum absolute atomic E-state index is 0.0527. The van der Waals surface area contributed by atoms with Crippen LogP contribution in [0.15, 0.2) is 30.3 Å². The van der Waals surface area contributed by atoms with Crippen LogP contribution in [-0.4, -0.2) is 14.7 Å². The number of non-ortho nitro benzene ring substituents is 1. The first-order chi connectivity index (χ1) is 8.97. The second-order valence-electron chi connectivity index (χ2n) is 4.84. The zero-order valence-corrected chi connectivity index (χ0v) is 10.9. The molecule has 0 unspecified atom stereocenters. The summed E-state index contributed by atoms with van der Waals surface area (Å²) in [7, 11) is 0. The topological polar surface area (TPSA) is 87.0 Å². The zero-order chi connectivity index (χ0) is 14.0. The zero-order valence-electron chi connectivity index (χ0n) is 10.9. The maximum Gasteiger partial charge on any atom is 0.269 e. The van der Waals surface area contributed by atoms with Gasteiger partial charge in [-0.15, -0.1) is 0 Å². The van der Waals surface area contributed by atoms with Gasteiger partial charge in [0, 0.05) is 18.2 Å². The summed E-state index contributed by atoms with van der Waals surface area (Å²) in [4.78, 5) is 10.2. The van der Waals surface area contributed by atoms with E-state index in [1.54, 1.807) is 16.8 Å². The van der Waals surface area contributed by atoms with E-state index in [2.05, 4.69) is 18.9 Å². The number of nitro groups is 1. The van der Waals surface area contributed by atoms with Gasteiger partial charge in [0.2, 0.25) is 0 Å². The van der Waals surface area contributed by atoms with E-state index < -0.39 is 4.92 Å². The second kappa shape index (κ2) is 5.09. The van der Waals surface area contributed by atoms with Crippen LogP contribution in [0, 0.1) is 16.0 Å². The fourth-order valence-electron chi connectivity index (χ4n) is 1.89. The summed E-state index contributed by atoms with van der Waals surface area (Å²) in [5.74, 6) is 1.03. The van der Waals surface area contributed by atoms with Crippen LogP contribution in [-0.2, 0) is 6.42 Å². The van der Waals surface area contributed by atoms with Gasteiger partial charge in [0.25, 0.3) is 5.69 Å². The SMILES string of the molecule is CC(C)Cc1cc(N)n(-c2ccc([N+](=O)[O-])cc2)n1. The highest BCUT2D eigenvalue weighted by Gasteiger charge is 2.10. The standard InChI is InChI=1S/C13H16N4O2/c1-9(2)7-10-8-13(14)16(15-10)11-3-5-12(6-4-11)17(18)19/h3-6,8-9H,7,14H2,1-2H3. The maximum atomic E-state index is 10.6. The molecule has 2 aromatic rings. The molecule has 2 rings (SSSR count). The van der Waals surface area contributed by atoms with Crippen LogP contribution >= 0.6 is 0 Å². The molecule has 1 aromatic carbocycles. The van der Waals surface area contributed by atoms with Gasteiger partial charge in [0.05, 0.1) is 16.3 Å². The third-order valence-corrected chi connectivity index (χ3v) is 2.71. The molecule has 6 nitrogen and oxygen atoms in total. The Labute approximate surface area is 111 Å². The Morgan fingerprint density at radius 3 is 2.53 bits per heavy atom. The van der Waals surface area contributed by atoms with E-state index in [9.17, 15) is 10.1 Å². The summed E-state index contributed by atoms with van der Waals surface area (Å²) in [5, 5.41) is 15.0. The number of aromatic nitrogens is 2. The lowest BCUT2D eigenvalue weighted by atomic mass is 10.1. The van der Waals surface area contributed by atoms with E-state index in [0.29, 0.717) is 11.7 Å². The number of hydrogen-bond acceptors (Lipinski definition) is 4.